The number of aliphatic carboxylic acids is 1. The van der Waals surface area contributed by atoms with Crippen LogP contribution < -0.4 is 10.7 Å². The molecule has 3 aromatic rings. The normalized spacial score (nSPS) is 16.4. The average molecular weight is 475 g/mol. The maximum Gasteiger partial charge on any atom is 0.407 e. The zero-order valence-electron chi connectivity index (χ0n) is 18.4. The van der Waals surface area contributed by atoms with Crippen LogP contribution in [0.1, 0.15) is 39.8 Å². The summed E-state index contributed by atoms with van der Waals surface area (Å²) in [6.07, 6.45) is -0.980. The molecule has 178 valence electrons. The van der Waals surface area contributed by atoms with E-state index in [9.17, 15) is 24.3 Å². The Morgan fingerprint density at radius 3 is 2.34 bits per heavy atom. The third-order valence-electron chi connectivity index (χ3n) is 6.06. The van der Waals surface area contributed by atoms with Crippen molar-refractivity contribution >= 4 is 23.9 Å². The van der Waals surface area contributed by atoms with E-state index in [1.165, 1.54) is 12.1 Å². The van der Waals surface area contributed by atoms with Crippen LogP contribution in [-0.2, 0) is 20.9 Å². The molecule has 1 fully saturated rings. The van der Waals surface area contributed by atoms with Gasteiger partial charge >= 0.3 is 18.0 Å². The summed E-state index contributed by atoms with van der Waals surface area (Å²) in [4.78, 5) is 47.7. The molecule has 1 aromatic heterocycles. The van der Waals surface area contributed by atoms with Crippen LogP contribution >= 0.6 is 0 Å². The Balaban J connectivity index is 1.18. The molecule has 0 spiro atoms. The van der Waals surface area contributed by atoms with Gasteiger partial charge in [-0.15, -0.1) is 0 Å². The maximum absolute atomic E-state index is 12.6. The van der Waals surface area contributed by atoms with Crippen molar-refractivity contribution < 1.29 is 33.4 Å². The van der Waals surface area contributed by atoms with Crippen molar-refractivity contribution in [2.24, 2.45) is 0 Å². The van der Waals surface area contributed by atoms with Crippen LogP contribution in [0.5, 0.6) is 0 Å². The fourth-order valence-electron chi connectivity index (χ4n) is 4.43. The fourth-order valence-corrected chi connectivity index (χ4v) is 4.43. The lowest BCUT2D eigenvalue weighted by molar-refractivity contribution is -0.142. The van der Waals surface area contributed by atoms with E-state index in [-0.39, 0.29) is 37.0 Å². The number of hydrogen-bond donors (Lipinski definition) is 3. The summed E-state index contributed by atoms with van der Waals surface area (Å²) < 4.78 is 10.9. The standard InChI is InChI=1S/C25H21N3O7/c29-22-11-20(24(31)32)28(27-22)23(30)21-10-9-14(35-21)12-26-25(33)34-13-19-17-7-3-1-5-15(17)16-6-2-4-8-18(16)19/h1-10,19-20H,11-13H2,(H,26,33)(H,27,29)(H,31,32). The number of nitrogens with one attached hydrogen (secondary N) is 2. The first-order valence-electron chi connectivity index (χ1n) is 11.0. The number of ether oxygens (including phenoxy) is 1. The van der Waals surface area contributed by atoms with E-state index in [1.54, 1.807) is 0 Å². The van der Waals surface area contributed by atoms with E-state index < -0.39 is 29.9 Å². The zero-order chi connectivity index (χ0) is 24.5. The number of carbonyl (C=O) groups is 4. The van der Waals surface area contributed by atoms with Gasteiger partial charge in [-0.25, -0.2) is 14.6 Å². The molecule has 5 rings (SSSR count). The molecule has 10 nitrogen and oxygen atoms in total. The predicted molar refractivity (Wildman–Crippen MR) is 121 cm³/mol. The molecule has 0 radical (unpaired) electrons. The molecule has 1 aliphatic heterocycles. The monoisotopic (exact) mass is 475 g/mol. The number of carboxylic acid groups (broad SMARTS) is 1. The van der Waals surface area contributed by atoms with Crippen LogP contribution in [0.3, 0.4) is 0 Å². The number of hydrogen-bond acceptors (Lipinski definition) is 6. The van der Waals surface area contributed by atoms with Crippen LogP contribution in [0.4, 0.5) is 4.79 Å². The minimum Gasteiger partial charge on any atom is -0.480 e. The lowest BCUT2D eigenvalue weighted by atomic mass is 9.98. The van der Waals surface area contributed by atoms with Crippen LogP contribution in [0, 0.1) is 0 Å². The third kappa shape index (κ3) is 4.21. The number of furan rings is 1. The quantitative estimate of drug-likeness (QED) is 0.498. The van der Waals surface area contributed by atoms with Crippen LogP contribution in [0.15, 0.2) is 65.1 Å². The van der Waals surface area contributed by atoms with Gasteiger partial charge in [-0.1, -0.05) is 48.5 Å². The van der Waals surface area contributed by atoms with Crippen molar-refractivity contribution in [1.29, 1.82) is 0 Å². The summed E-state index contributed by atoms with van der Waals surface area (Å²) in [5.41, 5.74) is 6.68. The number of rotatable bonds is 6. The van der Waals surface area contributed by atoms with E-state index in [0.29, 0.717) is 0 Å². The number of carbonyl (C=O) groups excluding carboxylic acids is 3. The molecule has 2 aromatic carbocycles. The fraction of sp³-hybridized carbons (Fsp3) is 0.200. The van der Waals surface area contributed by atoms with Gasteiger partial charge in [0.05, 0.1) is 13.0 Å². The van der Waals surface area contributed by atoms with Crippen LogP contribution in [0.25, 0.3) is 11.1 Å². The molecule has 35 heavy (non-hydrogen) atoms. The summed E-state index contributed by atoms with van der Waals surface area (Å²) in [5.74, 6) is -2.65. The van der Waals surface area contributed by atoms with Gasteiger partial charge in [-0.2, -0.15) is 0 Å². The van der Waals surface area contributed by atoms with Gasteiger partial charge < -0.3 is 19.6 Å². The maximum atomic E-state index is 12.6. The molecule has 1 aliphatic carbocycles. The lowest BCUT2D eigenvalue weighted by Crippen LogP contribution is -2.46. The van der Waals surface area contributed by atoms with Gasteiger partial charge in [-0.3, -0.25) is 15.0 Å². The van der Waals surface area contributed by atoms with Crippen molar-refractivity contribution in [1.82, 2.24) is 15.8 Å². The highest BCUT2D eigenvalue weighted by Crippen LogP contribution is 2.44. The summed E-state index contributed by atoms with van der Waals surface area (Å²) in [7, 11) is 0. The van der Waals surface area contributed by atoms with Gasteiger partial charge in [0.2, 0.25) is 5.91 Å². The highest BCUT2D eigenvalue weighted by Gasteiger charge is 2.40. The van der Waals surface area contributed by atoms with Crippen molar-refractivity contribution in [3.05, 3.63) is 83.3 Å². The summed E-state index contributed by atoms with van der Waals surface area (Å²) in [5, 5.41) is 12.5. The topological polar surface area (TPSA) is 138 Å². The molecule has 10 heteroatoms. The number of benzene rings is 2. The molecule has 1 atom stereocenters. The molecule has 0 saturated carbocycles. The third-order valence-corrected chi connectivity index (χ3v) is 6.06. The molecule has 1 unspecified atom stereocenters. The highest BCUT2D eigenvalue weighted by atomic mass is 16.5. The largest absolute Gasteiger partial charge is 0.480 e. The van der Waals surface area contributed by atoms with Crippen LogP contribution in [-0.4, -0.2) is 46.6 Å². The van der Waals surface area contributed by atoms with Gasteiger partial charge in [0, 0.05) is 5.92 Å². The Hall–Kier alpha value is -4.60. The van der Waals surface area contributed by atoms with E-state index >= 15 is 0 Å². The Morgan fingerprint density at radius 2 is 1.69 bits per heavy atom. The molecule has 3 N–H and O–H groups in total. The second kappa shape index (κ2) is 8.98. The Morgan fingerprint density at radius 1 is 1.03 bits per heavy atom. The summed E-state index contributed by atoms with van der Waals surface area (Å²) in [6.45, 7) is 0.117. The number of amides is 3. The Labute approximate surface area is 199 Å². The second-order valence-electron chi connectivity index (χ2n) is 8.21. The van der Waals surface area contributed by atoms with Crippen molar-refractivity contribution in [2.75, 3.05) is 6.61 Å². The lowest BCUT2D eigenvalue weighted by Gasteiger charge is -2.18. The number of carboxylic acids is 1. The molecule has 1 saturated heterocycles. The van der Waals surface area contributed by atoms with Crippen molar-refractivity contribution in [2.45, 2.75) is 24.9 Å². The van der Waals surface area contributed by atoms with Gasteiger partial charge in [0.25, 0.3) is 0 Å². The first-order valence-corrected chi connectivity index (χ1v) is 11.0. The number of alkyl carbamates (subject to hydrolysis) is 1. The zero-order valence-corrected chi connectivity index (χ0v) is 18.4. The number of hydrazine groups is 1. The summed E-state index contributed by atoms with van der Waals surface area (Å²) >= 11 is 0. The van der Waals surface area contributed by atoms with Gasteiger partial charge in [-0.05, 0) is 34.4 Å². The van der Waals surface area contributed by atoms with E-state index in [2.05, 4.69) is 22.9 Å². The highest BCUT2D eigenvalue weighted by molar-refractivity contribution is 5.99. The van der Waals surface area contributed by atoms with Crippen LogP contribution in [0.2, 0.25) is 0 Å². The first-order chi connectivity index (χ1) is 16.9. The predicted octanol–water partition coefficient (Wildman–Crippen LogP) is 2.65. The number of nitrogens with zero attached hydrogens (tertiary/aromatic N) is 1. The smallest absolute Gasteiger partial charge is 0.407 e. The number of fused-ring (bicyclic) bond motifs is 3. The average Bonchev–Trinajstić information content (AvgIpc) is 3.57. The molecule has 2 heterocycles. The minimum atomic E-state index is -1.32. The molecular formula is C25H21N3O7. The molecule has 2 aliphatic rings. The Kier molecular flexibility index (Phi) is 5.69. The van der Waals surface area contributed by atoms with Crippen molar-refractivity contribution in [3.63, 3.8) is 0 Å². The minimum absolute atomic E-state index is 0.0430. The van der Waals surface area contributed by atoms with E-state index in [1.807, 2.05) is 36.4 Å². The Bertz CT molecular complexity index is 1290. The van der Waals surface area contributed by atoms with E-state index in [0.717, 1.165) is 27.3 Å². The molecule has 3 amide bonds. The van der Waals surface area contributed by atoms with E-state index in [4.69, 9.17) is 9.15 Å². The SMILES string of the molecule is O=C1CC(C(=O)O)N(C(=O)c2ccc(CNC(=O)OCC3c4ccccc4-c4ccccc43)o2)N1. The molecular weight excluding hydrogens is 454 g/mol. The second-order valence-corrected chi connectivity index (χ2v) is 8.21. The van der Waals surface area contributed by atoms with Crippen molar-refractivity contribution in [3.8, 4) is 11.1 Å². The first kappa shape index (κ1) is 22.2. The molecule has 0 bridgehead atoms. The van der Waals surface area contributed by atoms with Gasteiger partial charge in [0.15, 0.2) is 11.8 Å². The summed E-state index contributed by atoms with van der Waals surface area (Å²) in [6, 6.07) is 17.5. The van der Waals surface area contributed by atoms with Gasteiger partial charge in [0.1, 0.15) is 12.4 Å².